The van der Waals surface area contributed by atoms with Crippen molar-refractivity contribution in [2.45, 2.75) is 4.90 Å². The first-order valence-corrected chi connectivity index (χ1v) is 8.02. The second-order valence-electron chi connectivity index (χ2n) is 4.96. The predicted octanol–water partition coefficient (Wildman–Crippen LogP) is -0.239. The topological polar surface area (TPSA) is 119 Å². The Morgan fingerprint density at radius 3 is 2.39 bits per heavy atom. The molecular formula is C13H13N5O4S. The number of H-pyrrole nitrogens is 1. The Bertz CT molecular complexity index is 1100. The molecule has 0 aliphatic carbocycles. The summed E-state index contributed by atoms with van der Waals surface area (Å²) in [6, 6.07) is 6.79. The first kappa shape index (κ1) is 15.0. The van der Waals surface area contributed by atoms with Crippen LogP contribution in [0.25, 0.3) is 11.0 Å². The summed E-state index contributed by atoms with van der Waals surface area (Å²) in [5.41, 5.74) is 0.437. The van der Waals surface area contributed by atoms with Crippen LogP contribution in [0.3, 0.4) is 0 Å². The molecule has 0 radical (unpaired) electrons. The van der Waals surface area contributed by atoms with Gasteiger partial charge in [-0.3, -0.25) is 18.7 Å². The van der Waals surface area contributed by atoms with E-state index in [2.05, 4.69) is 14.9 Å². The van der Waals surface area contributed by atoms with E-state index in [1.807, 2.05) is 0 Å². The third-order valence-electron chi connectivity index (χ3n) is 3.47. The predicted molar refractivity (Wildman–Crippen MR) is 83.8 cm³/mol. The van der Waals surface area contributed by atoms with Gasteiger partial charge in [0, 0.05) is 20.2 Å². The minimum Gasteiger partial charge on any atom is -0.295 e. The van der Waals surface area contributed by atoms with Crippen LogP contribution in [0, 0.1) is 0 Å². The Kier molecular flexibility index (Phi) is 3.33. The molecule has 120 valence electrons. The van der Waals surface area contributed by atoms with Crippen molar-refractivity contribution in [1.29, 1.82) is 0 Å². The standard InChI is InChI=1S/C13H13N5O4S/c1-17-9-4-3-8(7-10(9)18(2)13(17)20)23(21,22)16-11-5-6-12(19)15-14-11/h3-7H,1-2H3,(H,14,16)(H,15,19). The number of aromatic amines is 1. The number of sulfonamides is 1. The summed E-state index contributed by atoms with van der Waals surface area (Å²) in [6.45, 7) is 0. The molecule has 9 nitrogen and oxygen atoms in total. The van der Waals surface area contributed by atoms with Crippen LogP contribution in [0.1, 0.15) is 0 Å². The van der Waals surface area contributed by atoms with Crippen molar-refractivity contribution in [2.24, 2.45) is 14.1 Å². The minimum absolute atomic E-state index is 0.00773. The second-order valence-corrected chi connectivity index (χ2v) is 6.65. The van der Waals surface area contributed by atoms with E-state index in [9.17, 15) is 18.0 Å². The zero-order chi connectivity index (χ0) is 16.8. The number of anilines is 1. The van der Waals surface area contributed by atoms with Crippen LogP contribution in [-0.2, 0) is 24.1 Å². The molecule has 0 aliphatic rings. The van der Waals surface area contributed by atoms with Crippen molar-refractivity contribution < 1.29 is 8.42 Å². The fourth-order valence-corrected chi connectivity index (χ4v) is 3.27. The fourth-order valence-electron chi connectivity index (χ4n) is 2.25. The molecule has 0 spiro atoms. The van der Waals surface area contributed by atoms with E-state index >= 15 is 0 Å². The van der Waals surface area contributed by atoms with E-state index in [-0.39, 0.29) is 16.4 Å². The number of rotatable bonds is 3. The third kappa shape index (κ3) is 2.52. The maximum atomic E-state index is 12.4. The molecule has 2 heterocycles. The van der Waals surface area contributed by atoms with Gasteiger partial charge in [0.15, 0.2) is 5.82 Å². The monoisotopic (exact) mass is 335 g/mol. The molecule has 1 aromatic carbocycles. The largest absolute Gasteiger partial charge is 0.328 e. The quantitative estimate of drug-likeness (QED) is 0.685. The van der Waals surface area contributed by atoms with Crippen LogP contribution in [0.15, 0.2) is 44.8 Å². The maximum Gasteiger partial charge on any atom is 0.328 e. The number of nitrogens with zero attached hydrogens (tertiary/aromatic N) is 3. The minimum atomic E-state index is -3.90. The number of nitrogens with one attached hydrogen (secondary N) is 2. The lowest BCUT2D eigenvalue weighted by atomic mass is 10.3. The summed E-state index contributed by atoms with van der Waals surface area (Å²) in [5, 5.41) is 5.74. The average Bonchev–Trinajstić information content (AvgIpc) is 2.74. The Hall–Kier alpha value is -2.88. The zero-order valence-corrected chi connectivity index (χ0v) is 13.1. The molecule has 2 N–H and O–H groups in total. The van der Waals surface area contributed by atoms with Gasteiger partial charge in [-0.15, -0.1) is 0 Å². The number of benzene rings is 1. The highest BCUT2D eigenvalue weighted by Gasteiger charge is 2.18. The summed E-state index contributed by atoms with van der Waals surface area (Å²) in [7, 11) is -0.717. The van der Waals surface area contributed by atoms with Gasteiger partial charge < -0.3 is 0 Å². The molecule has 3 aromatic rings. The second kappa shape index (κ2) is 5.09. The zero-order valence-electron chi connectivity index (χ0n) is 12.3. The van der Waals surface area contributed by atoms with E-state index < -0.39 is 15.6 Å². The van der Waals surface area contributed by atoms with E-state index in [0.717, 1.165) is 6.07 Å². The SMILES string of the molecule is Cn1c(=O)n(C)c2cc(S(=O)(=O)Nc3ccc(=O)[nH]n3)ccc21. The summed E-state index contributed by atoms with van der Waals surface area (Å²) in [4.78, 5) is 22.8. The molecule has 0 fully saturated rings. The van der Waals surface area contributed by atoms with Gasteiger partial charge in [-0.2, -0.15) is 5.10 Å². The molecule has 0 atom stereocenters. The normalized spacial score (nSPS) is 11.7. The van der Waals surface area contributed by atoms with Crippen LogP contribution < -0.4 is 16.0 Å². The Morgan fingerprint density at radius 1 is 1.04 bits per heavy atom. The van der Waals surface area contributed by atoms with Gasteiger partial charge in [0.05, 0.1) is 15.9 Å². The number of hydrogen-bond donors (Lipinski definition) is 2. The summed E-state index contributed by atoms with van der Waals surface area (Å²) >= 11 is 0. The van der Waals surface area contributed by atoms with Crippen LogP contribution in [0.2, 0.25) is 0 Å². The van der Waals surface area contributed by atoms with E-state index in [1.54, 1.807) is 20.2 Å². The van der Waals surface area contributed by atoms with Gasteiger partial charge in [0.25, 0.3) is 15.6 Å². The van der Waals surface area contributed by atoms with E-state index in [4.69, 9.17) is 0 Å². The molecule has 0 aliphatic heterocycles. The van der Waals surface area contributed by atoms with E-state index in [1.165, 1.54) is 27.3 Å². The van der Waals surface area contributed by atoms with Gasteiger partial charge >= 0.3 is 5.69 Å². The third-order valence-corrected chi connectivity index (χ3v) is 4.82. The first-order chi connectivity index (χ1) is 10.8. The summed E-state index contributed by atoms with van der Waals surface area (Å²) in [5.74, 6) is -0.00773. The lowest BCUT2D eigenvalue weighted by molar-refractivity contribution is 0.601. The number of aromatic nitrogens is 4. The summed E-state index contributed by atoms with van der Waals surface area (Å²) in [6.07, 6.45) is 0. The smallest absolute Gasteiger partial charge is 0.295 e. The van der Waals surface area contributed by atoms with Crippen LogP contribution in [0.5, 0.6) is 0 Å². The molecule has 0 bridgehead atoms. The lowest BCUT2D eigenvalue weighted by Crippen LogP contribution is -2.19. The van der Waals surface area contributed by atoms with Gasteiger partial charge in [0.2, 0.25) is 0 Å². The van der Waals surface area contributed by atoms with Gasteiger partial charge in [0.1, 0.15) is 0 Å². The van der Waals surface area contributed by atoms with Gasteiger partial charge in [-0.25, -0.2) is 18.3 Å². The van der Waals surface area contributed by atoms with Crippen LogP contribution in [-0.4, -0.2) is 27.7 Å². The van der Waals surface area contributed by atoms with Crippen molar-refractivity contribution in [3.63, 3.8) is 0 Å². The maximum absolute atomic E-state index is 12.4. The molecule has 23 heavy (non-hydrogen) atoms. The molecule has 10 heteroatoms. The van der Waals surface area contributed by atoms with Crippen molar-refractivity contribution >= 4 is 26.9 Å². The Labute approximate surface area is 130 Å². The Balaban J connectivity index is 2.08. The number of hydrogen-bond acceptors (Lipinski definition) is 5. The van der Waals surface area contributed by atoms with Crippen LogP contribution in [0.4, 0.5) is 5.82 Å². The lowest BCUT2D eigenvalue weighted by Gasteiger charge is -2.07. The van der Waals surface area contributed by atoms with Crippen LogP contribution >= 0.6 is 0 Å². The molecule has 3 rings (SSSR count). The molecular weight excluding hydrogens is 322 g/mol. The van der Waals surface area contributed by atoms with Crippen molar-refractivity contribution in [2.75, 3.05) is 4.72 Å². The molecule has 2 aromatic heterocycles. The fraction of sp³-hybridized carbons (Fsp3) is 0.154. The highest BCUT2D eigenvalue weighted by atomic mass is 32.2. The number of aryl methyl sites for hydroxylation is 2. The molecule has 0 saturated heterocycles. The number of fused-ring (bicyclic) bond motifs is 1. The highest BCUT2D eigenvalue weighted by molar-refractivity contribution is 7.92. The highest BCUT2D eigenvalue weighted by Crippen LogP contribution is 2.19. The summed E-state index contributed by atoms with van der Waals surface area (Å²) < 4.78 is 29.9. The molecule has 0 unspecified atom stereocenters. The van der Waals surface area contributed by atoms with Crippen molar-refractivity contribution in [1.82, 2.24) is 19.3 Å². The number of imidazole rings is 1. The van der Waals surface area contributed by atoms with Gasteiger partial charge in [-0.05, 0) is 24.3 Å². The average molecular weight is 335 g/mol. The van der Waals surface area contributed by atoms with E-state index in [0.29, 0.717) is 11.0 Å². The first-order valence-electron chi connectivity index (χ1n) is 6.53. The molecule has 0 saturated carbocycles. The van der Waals surface area contributed by atoms with Crippen molar-refractivity contribution in [3.8, 4) is 0 Å². The molecule has 0 amide bonds. The van der Waals surface area contributed by atoms with Crippen molar-refractivity contribution in [3.05, 3.63) is 51.2 Å². The Morgan fingerprint density at radius 2 is 1.74 bits per heavy atom. The van der Waals surface area contributed by atoms with Gasteiger partial charge in [-0.1, -0.05) is 0 Å².